The molecule has 0 aliphatic carbocycles. The molecule has 6 heteroatoms. The highest BCUT2D eigenvalue weighted by Crippen LogP contribution is 2.19. The van der Waals surface area contributed by atoms with Gasteiger partial charge in [-0.25, -0.2) is 13.6 Å². The molecule has 4 nitrogen and oxygen atoms in total. The molecule has 1 aromatic carbocycles. The zero-order valence-electron chi connectivity index (χ0n) is 11.1. The van der Waals surface area contributed by atoms with E-state index in [9.17, 15) is 18.7 Å². The molecule has 0 saturated heterocycles. The zero-order valence-corrected chi connectivity index (χ0v) is 11.1. The first-order valence-electron chi connectivity index (χ1n) is 5.88. The molecule has 2 amide bonds. The van der Waals surface area contributed by atoms with Crippen molar-refractivity contribution in [3.05, 3.63) is 35.4 Å². The lowest BCUT2D eigenvalue weighted by molar-refractivity contribution is 0.163. The Morgan fingerprint density at radius 2 is 1.84 bits per heavy atom. The first-order valence-corrected chi connectivity index (χ1v) is 5.88. The van der Waals surface area contributed by atoms with Crippen LogP contribution in [0, 0.1) is 11.6 Å². The number of nitrogens with one attached hydrogen (secondary N) is 2. The minimum atomic E-state index is -1.44. The summed E-state index contributed by atoms with van der Waals surface area (Å²) in [5.74, 6) is -1.68. The highest BCUT2D eigenvalue weighted by Gasteiger charge is 2.19. The number of urea groups is 1. The quantitative estimate of drug-likeness (QED) is 0.789. The minimum absolute atomic E-state index is 0.278. The predicted octanol–water partition coefficient (Wildman–Crippen LogP) is 2.10. The average molecular weight is 272 g/mol. The van der Waals surface area contributed by atoms with Gasteiger partial charge < -0.3 is 15.7 Å². The number of hydrogen-bond acceptors (Lipinski definition) is 2. The molecule has 0 radical (unpaired) electrons. The largest absolute Gasteiger partial charge is 0.386 e. The van der Waals surface area contributed by atoms with Gasteiger partial charge in [-0.3, -0.25) is 0 Å². The van der Waals surface area contributed by atoms with Crippen LogP contribution < -0.4 is 10.6 Å². The van der Waals surface area contributed by atoms with Gasteiger partial charge in [0, 0.05) is 12.1 Å². The smallest absolute Gasteiger partial charge is 0.315 e. The van der Waals surface area contributed by atoms with E-state index in [1.54, 1.807) is 20.8 Å². The molecule has 0 aromatic heterocycles. The molecule has 1 unspecified atom stereocenters. The second-order valence-corrected chi connectivity index (χ2v) is 5.24. The summed E-state index contributed by atoms with van der Waals surface area (Å²) in [5.41, 5.74) is -0.878. The molecule has 0 spiro atoms. The Morgan fingerprint density at radius 3 is 2.32 bits per heavy atom. The van der Waals surface area contributed by atoms with Crippen molar-refractivity contribution >= 4 is 6.03 Å². The number of rotatable bonds is 3. The maximum Gasteiger partial charge on any atom is 0.315 e. The fourth-order valence-electron chi connectivity index (χ4n) is 1.51. The number of hydrogen-bond donors (Lipinski definition) is 3. The fourth-order valence-corrected chi connectivity index (χ4v) is 1.51. The lowest BCUT2D eigenvalue weighted by Crippen LogP contribution is -2.47. The van der Waals surface area contributed by atoms with Gasteiger partial charge in [0.15, 0.2) is 0 Å². The molecule has 0 aliphatic heterocycles. The van der Waals surface area contributed by atoms with Crippen LogP contribution in [-0.2, 0) is 0 Å². The molecule has 0 heterocycles. The standard InChI is InChI=1S/C13H18F2N2O2/c1-13(2,3)17-12(19)16-7-10(18)11-8(14)5-4-6-9(11)15/h4-6,10,18H,7H2,1-3H3,(H2,16,17,19). The van der Waals surface area contributed by atoms with Crippen molar-refractivity contribution in [3.63, 3.8) is 0 Å². The highest BCUT2D eigenvalue weighted by atomic mass is 19.1. The lowest BCUT2D eigenvalue weighted by Gasteiger charge is -2.21. The van der Waals surface area contributed by atoms with E-state index in [0.717, 1.165) is 12.1 Å². The normalized spacial score (nSPS) is 12.9. The van der Waals surface area contributed by atoms with Crippen LogP contribution in [-0.4, -0.2) is 23.2 Å². The van der Waals surface area contributed by atoms with E-state index in [-0.39, 0.29) is 6.54 Å². The molecule has 1 atom stereocenters. The highest BCUT2D eigenvalue weighted by molar-refractivity contribution is 5.74. The van der Waals surface area contributed by atoms with E-state index in [1.807, 2.05) is 0 Å². The van der Waals surface area contributed by atoms with E-state index < -0.39 is 34.9 Å². The maximum absolute atomic E-state index is 13.4. The minimum Gasteiger partial charge on any atom is -0.386 e. The van der Waals surface area contributed by atoms with E-state index in [2.05, 4.69) is 10.6 Å². The van der Waals surface area contributed by atoms with Crippen LogP contribution >= 0.6 is 0 Å². The molecular weight excluding hydrogens is 254 g/mol. The molecule has 19 heavy (non-hydrogen) atoms. The summed E-state index contributed by atoms with van der Waals surface area (Å²) >= 11 is 0. The van der Waals surface area contributed by atoms with Gasteiger partial charge in [0.1, 0.15) is 17.7 Å². The van der Waals surface area contributed by atoms with E-state index in [4.69, 9.17) is 0 Å². The molecule has 0 bridgehead atoms. The fraction of sp³-hybridized carbons (Fsp3) is 0.462. The Labute approximate surface area is 110 Å². The summed E-state index contributed by atoms with van der Waals surface area (Å²) in [6.45, 7) is 5.10. The van der Waals surface area contributed by atoms with Crippen molar-refractivity contribution in [3.8, 4) is 0 Å². The van der Waals surface area contributed by atoms with Gasteiger partial charge in [-0.2, -0.15) is 0 Å². The Hall–Kier alpha value is -1.69. The summed E-state index contributed by atoms with van der Waals surface area (Å²) < 4.78 is 26.7. The van der Waals surface area contributed by atoms with E-state index >= 15 is 0 Å². The first-order chi connectivity index (χ1) is 8.70. The topological polar surface area (TPSA) is 61.4 Å². The van der Waals surface area contributed by atoms with Crippen molar-refractivity contribution in [1.82, 2.24) is 10.6 Å². The Kier molecular flexibility index (Phi) is 4.83. The Balaban J connectivity index is 2.61. The summed E-state index contributed by atoms with van der Waals surface area (Å²) in [5, 5.41) is 14.7. The number of carbonyl (C=O) groups is 1. The van der Waals surface area contributed by atoms with Gasteiger partial charge in [0.2, 0.25) is 0 Å². The number of halogens is 2. The second kappa shape index (κ2) is 5.97. The van der Waals surface area contributed by atoms with Gasteiger partial charge in [-0.05, 0) is 32.9 Å². The molecule has 1 aromatic rings. The molecule has 0 fully saturated rings. The molecule has 106 valence electrons. The monoisotopic (exact) mass is 272 g/mol. The van der Waals surface area contributed by atoms with Crippen molar-refractivity contribution in [2.24, 2.45) is 0 Å². The van der Waals surface area contributed by atoms with Crippen LogP contribution in [0.25, 0.3) is 0 Å². The van der Waals surface area contributed by atoms with Crippen molar-refractivity contribution in [1.29, 1.82) is 0 Å². The predicted molar refractivity (Wildman–Crippen MR) is 67.6 cm³/mol. The SMILES string of the molecule is CC(C)(C)NC(=O)NCC(O)c1c(F)cccc1F. The van der Waals surface area contributed by atoms with Crippen molar-refractivity contribution in [2.75, 3.05) is 6.54 Å². The second-order valence-electron chi connectivity index (χ2n) is 5.24. The number of carbonyl (C=O) groups excluding carboxylic acids is 1. The lowest BCUT2D eigenvalue weighted by atomic mass is 10.1. The van der Waals surface area contributed by atoms with Crippen LogP contribution in [0.15, 0.2) is 18.2 Å². The number of aliphatic hydroxyl groups is 1. The third-order valence-corrected chi connectivity index (χ3v) is 2.28. The Bertz CT molecular complexity index is 438. The van der Waals surface area contributed by atoms with E-state index in [1.165, 1.54) is 6.07 Å². The first kappa shape index (κ1) is 15.4. The van der Waals surface area contributed by atoms with Crippen molar-refractivity contribution < 1.29 is 18.7 Å². The number of aliphatic hydroxyl groups excluding tert-OH is 1. The van der Waals surface area contributed by atoms with Gasteiger partial charge >= 0.3 is 6.03 Å². The van der Waals surface area contributed by atoms with Crippen LogP contribution in [0.1, 0.15) is 32.4 Å². The number of amides is 2. The summed E-state index contributed by atoms with van der Waals surface area (Å²) in [4.78, 5) is 11.4. The summed E-state index contributed by atoms with van der Waals surface area (Å²) in [7, 11) is 0. The van der Waals surface area contributed by atoms with Crippen LogP contribution in [0.2, 0.25) is 0 Å². The zero-order chi connectivity index (χ0) is 14.6. The van der Waals surface area contributed by atoms with Gasteiger partial charge in [0.05, 0.1) is 5.56 Å². The third-order valence-electron chi connectivity index (χ3n) is 2.28. The van der Waals surface area contributed by atoms with E-state index in [0.29, 0.717) is 0 Å². The van der Waals surface area contributed by atoms with Crippen LogP contribution in [0.3, 0.4) is 0 Å². The van der Waals surface area contributed by atoms with Crippen LogP contribution in [0.5, 0.6) is 0 Å². The molecule has 0 aliphatic rings. The average Bonchev–Trinajstić information content (AvgIpc) is 2.23. The molecule has 3 N–H and O–H groups in total. The van der Waals surface area contributed by atoms with Crippen LogP contribution in [0.4, 0.5) is 13.6 Å². The number of benzene rings is 1. The Morgan fingerprint density at radius 1 is 1.32 bits per heavy atom. The molecule has 1 rings (SSSR count). The van der Waals surface area contributed by atoms with Gasteiger partial charge in [-0.1, -0.05) is 6.07 Å². The van der Waals surface area contributed by atoms with Gasteiger partial charge in [0.25, 0.3) is 0 Å². The maximum atomic E-state index is 13.4. The van der Waals surface area contributed by atoms with Gasteiger partial charge in [-0.15, -0.1) is 0 Å². The molecular formula is C13H18F2N2O2. The summed E-state index contributed by atoms with van der Waals surface area (Å²) in [6.07, 6.45) is -1.44. The van der Waals surface area contributed by atoms with Crippen molar-refractivity contribution in [2.45, 2.75) is 32.4 Å². The summed E-state index contributed by atoms with van der Waals surface area (Å²) in [6, 6.07) is 2.80. The molecule has 0 saturated carbocycles. The third kappa shape index (κ3) is 4.82.